The van der Waals surface area contributed by atoms with Crippen molar-refractivity contribution in [3.63, 3.8) is 0 Å². The van der Waals surface area contributed by atoms with Crippen molar-refractivity contribution in [2.75, 3.05) is 11.9 Å². The normalized spacial score (nSPS) is 18.2. The van der Waals surface area contributed by atoms with Crippen LogP contribution in [0, 0.1) is 0 Å². The summed E-state index contributed by atoms with van der Waals surface area (Å²) in [5.74, 6) is 1.62. The standard InChI is InChI=1S/C14H16BrN3/c1-2-12-13(15)14-16-8-11(9-18(14)17-12)10-6-4-3-5-7-10/h3-7,11,16H,2,8-9H2,1H3. The molecule has 1 aromatic carbocycles. The van der Waals surface area contributed by atoms with Crippen molar-refractivity contribution < 1.29 is 0 Å². The summed E-state index contributed by atoms with van der Waals surface area (Å²) in [6.07, 6.45) is 0.957. The highest BCUT2D eigenvalue weighted by molar-refractivity contribution is 9.10. The molecular weight excluding hydrogens is 290 g/mol. The van der Waals surface area contributed by atoms with Crippen LogP contribution in [0.25, 0.3) is 0 Å². The Morgan fingerprint density at radius 2 is 2.17 bits per heavy atom. The topological polar surface area (TPSA) is 29.9 Å². The first kappa shape index (κ1) is 11.8. The summed E-state index contributed by atoms with van der Waals surface area (Å²) in [5, 5.41) is 8.14. The van der Waals surface area contributed by atoms with Gasteiger partial charge in [-0.05, 0) is 27.9 Å². The lowest BCUT2D eigenvalue weighted by atomic mass is 9.98. The van der Waals surface area contributed by atoms with Gasteiger partial charge in [-0.25, -0.2) is 4.68 Å². The summed E-state index contributed by atoms with van der Waals surface area (Å²) in [4.78, 5) is 0. The molecule has 1 aliphatic rings. The van der Waals surface area contributed by atoms with E-state index in [1.807, 2.05) is 0 Å². The van der Waals surface area contributed by atoms with E-state index < -0.39 is 0 Å². The number of benzene rings is 1. The Morgan fingerprint density at radius 1 is 1.39 bits per heavy atom. The van der Waals surface area contributed by atoms with Gasteiger partial charge in [0.05, 0.1) is 16.7 Å². The molecule has 2 aromatic rings. The van der Waals surface area contributed by atoms with Gasteiger partial charge in [-0.15, -0.1) is 0 Å². The first-order chi connectivity index (χ1) is 8.79. The van der Waals surface area contributed by atoms with Gasteiger partial charge >= 0.3 is 0 Å². The molecule has 0 fully saturated rings. The van der Waals surface area contributed by atoms with Crippen LogP contribution >= 0.6 is 15.9 Å². The van der Waals surface area contributed by atoms with Crippen molar-refractivity contribution >= 4 is 21.7 Å². The summed E-state index contributed by atoms with van der Waals surface area (Å²) in [7, 11) is 0. The van der Waals surface area contributed by atoms with Gasteiger partial charge in [0.2, 0.25) is 0 Å². The van der Waals surface area contributed by atoms with Crippen LogP contribution in [-0.4, -0.2) is 16.3 Å². The highest BCUT2D eigenvalue weighted by atomic mass is 79.9. The molecule has 1 N–H and O–H groups in total. The van der Waals surface area contributed by atoms with Crippen molar-refractivity contribution in [1.29, 1.82) is 0 Å². The lowest BCUT2D eigenvalue weighted by molar-refractivity contribution is 0.502. The van der Waals surface area contributed by atoms with Crippen LogP contribution in [0.3, 0.4) is 0 Å². The van der Waals surface area contributed by atoms with Crippen LogP contribution in [0.1, 0.15) is 24.1 Å². The molecule has 0 saturated heterocycles. The molecule has 2 heterocycles. The Labute approximate surface area is 115 Å². The van der Waals surface area contributed by atoms with Crippen LogP contribution in [-0.2, 0) is 13.0 Å². The van der Waals surface area contributed by atoms with Crippen LogP contribution < -0.4 is 5.32 Å². The third-order valence-corrected chi connectivity index (χ3v) is 4.31. The number of aryl methyl sites for hydroxylation is 1. The Bertz CT molecular complexity index is 548. The van der Waals surface area contributed by atoms with E-state index in [1.165, 1.54) is 5.56 Å². The maximum atomic E-state index is 4.65. The van der Waals surface area contributed by atoms with Gasteiger partial charge in [0, 0.05) is 12.5 Å². The van der Waals surface area contributed by atoms with Gasteiger partial charge in [0.25, 0.3) is 0 Å². The van der Waals surface area contributed by atoms with Gasteiger partial charge in [-0.3, -0.25) is 0 Å². The first-order valence-electron chi connectivity index (χ1n) is 6.33. The second-order valence-electron chi connectivity index (χ2n) is 4.63. The van der Waals surface area contributed by atoms with E-state index in [-0.39, 0.29) is 0 Å². The molecule has 0 bridgehead atoms. The molecule has 18 heavy (non-hydrogen) atoms. The van der Waals surface area contributed by atoms with Gasteiger partial charge in [-0.2, -0.15) is 5.10 Å². The number of nitrogens with one attached hydrogen (secondary N) is 1. The maximum Gasteiger partial charge on any atom is 0.139 e. The van der Waals surface area contributed by atoms with Crippen molar-refractivity contribution in [1.82, 2.24) is 9.78 Å². The van der Waals surface area contributed by atoms with E-state index in [1.54, 1.807) is 0 Å². The van der Waals surface area contributed by atoms with E-state index in [0.717, 1.165) is 35.5 Å². The number of halogens is 1. The molecule has 0 saturated carbocycles. The molecule has 1 unspecified atom stereocenters. The van der Waals surface area contributed by atoms with E-state index >= 15 is 0 Å². The van der Waals surface area contributed by atoms with E-state index in [4.69, 9.17) is 0 Å². The largest absolute Gasteiger partial charge is 0.369 e. The monoisotopic (exact) mass is 305 g/mol. The van der Waals surface area contributed by atoms with Gasteiger partial charge in [0.15, 0.2) is 0 Å². The highest BCUT2D eigenvalue weighted by Gasteiger charge is 2.23. The molecule has 94 valence electrons. The first-order valence-corrected chi connectivity index (χ1v) is 7.13. The Morgan fingerprint density at radius 3 is 2.89 bits per heavy atom. The Balaban J connectivity index is 1.90. The van der Waals surface area contributed by atoms with Crippen LogP contribution in [0.2, 0.25) is 0 Å². The van der Waals surface area contributed by atoms with Gasteiger partial charge in [0.1, 0.15) is 5.82 Å². The maximum absolute atomic E-state index is 4.65. The average molecular weight is 306 g/mol. The van der Waals surface area contributed by atoms with Crippen molar-refractivity contribution in [3.8, 4) is 0 Å². The fourth-order valence-corrected chi connectivity index (χ4v) is 3.16. The van der Waals surface area contributed by atoms with Crippen LogP contribution in [0.15, 0.2) is 34.8 Å². The molecule has 3 rings (SSSR count). The second kappa shape index (κ2) is 4.76. The van der Waals surface area contributed by atoms with Crippen LogP contribution in [0.4, 0.5) is 5.82 Å². The molecule has 0 radical (unpaired) electrons. The summed E-state index contributed by atoms with van der Waals surface area (Å²) in [6, 6.07) is 10.6. The van der Waals surface area contributed by atoms with Crippen LogP contribution in [0.5, 0.6) is 0 Å². The Hall–Kier alpha value is -1.29. The van der Waals surface area contributed by atoms with E-state index in [0.29, 0.717) is 5.92 Å². The molecule has 1 atom stereocenters. The molecule has 0 spiro atoms. The molecule has 1 aliphatic heterocycles. The lowest BCUT2D eigenvalue weighted by Gasteiger charge is -2.25. The summed E-state index contributed by atoms with van der Waals surface area (Å²) >= 11 is 3.63. The zero-order chi connectivity index (χ0) is 12.5. The molecular formula is C14H16BrN3. The highest BCUT2D eigenvalue weighted by Crippen LogP contribution is 2.32. The summed E-state index contributed by atoms with van der Waals surface area (Å²) in [6.45, 7) is 4.05. The number of nitrogens with zero attached hydrogens (tertiary/aromatic N) is 2. The molecule has 4 heteroatoms. The minimum absolute atomic E-state index is 0.496. The van der Waals surface area contributed by atoms with E-state index in [2.05, 4.69) is 68.3 Å². The zero-order valence-electron chi connectivity index (χ0n) is 10.4. The fraction of sp³-hybridized carbons (Fsp3) is 0.357. The number of aromatic nitrogens is 2. The SMILES string of the molecule is CCc1nn2c(c1Br)NCC(c1ccccc1)C2. The minimum Gasteiger partial charge on any atom is -0.369 e. The Kier molecular flexibility index (Phi) is 3.12. The summed E-state index contributed by atoms with van der Waals surface area (Å²) < 4.78 is 3.21. The number of rotatable bonds is 2. The molecule has 0 aliphatic carbocycles. The molecule has 0 amide bonds. The third kappa shape index (κ3) is 1.94. The van der Waals surface area contributed by atoms with Crippen molar-refractivity contribution in [2.24, 2.45) is 0 Å². The molecule has 1 aromatic heterocycles. The third-order valence-electron chi connectivity index (χ3n) is 3.48. The number of anilines is 1. The van der Waals surface area contributed by atoms with E-state index in [9.17, 15) is 0 Å². The molecule has 3 nitrogen and oxygen atoms in total. The predicted molar refractivity (Wildman–Crippen MR) is 77.0 cm³/mol. The van der Waals surface area contributed by atoms with Crippen molar-refractivity contribution in [2.45, 2.75) is 25.8 Å². The lowest BCUT2D eigenvalue weighted by Crippen LogP contribution is -2.26. The minimum atomic E-state index is 0.496. The van der Waals surface area contributed by atoms with Gasteiger partial charge in [-0.1, -0.05) is 37.3 Å². The quantitative estimate of drug-likeness (QED) is 0.921. The average Bonchev–Trinajstić information content (AvgIpc) is 2.76. The second-order valence-corrected chi connectivity index (χ2v) is 5.43. The predicted octanol–water partition coefficient (Wildman–Crippen LogP) is 3.42. The summed E-state index contributed by atoms with van der Waals surface area (Å²) in [5.41, 5.74) is 2.51. The number of hydrogen-bond acceptors (Lipinski definition) is 2. The van der Waals surface area contributed by atoms with Gasteiger partial charge < -0.3 is 5.32 Å². The zero-order valence-corrected chi connectivity index (χ0v) is 11.9. The number of fused-ring (bicyclic) bond motifs is 1. The fourth-order valence-electron chi connectivity index (χ4n) is 2.46. The smallest absolute Gasteiger partial charge is 0.139 e. The number of hydrogen-bond donors (Lipinski definition) is 1. The van der Waals surface area contributed by atoms with Crippen molar-refractivity contribution in [3.05, 3.63) is 46.1 Å².